The Bertz CT molecular complexity index is 1180. The van der Waals surface area contributed by atoms with E-state index in [4.69, 9.17) is 9.72 Å². The Morgan fingerprint density at radius 2 is 1.70 bits per heavy atom. The lowest BCUT2D eigenvalue weighted by Gasteiger charge is -2.35. The van der Waals surface area contributed by atoms with Crippen molar-refractivity contribution in [2.45, 2.75) is 19.8 Å². The van der Waals surface area contributed by atoms with Crippen molar-refractivity contribution >= 4 is 22.8 Å². The van der Waals surface area contributed by atoms with Gasteiger partial charge in [-0.15, -0.1) is 0 Å². The van der Waals surface area contributed by atoms with E-state index < -0.39 is 0 Å². The molecule has 2 fully saturated rings. The van der Waals surface area contributed by atoms with Crippen molar-refractivity contribution in [1.82, 2.24) is 24.6 Å². The number of benzene rings is 1. The highest BCUT2D eigenvalue weighted by molar-refractivity contribution is 6.07. The average molecular weight is 448 g/mol. The third-order valence-electron chi connectivity index (χ3n) is 6.72. The topological polar surface area (TPSA) is 80.6 Å². The molecule has 2 aliphatic heterocycles. The van der Waals surface area contributed by atoms with Gasteiger partial charge in [-0.2, -0.15) is 5.10 Å². The minimum absolute atomic E-state index is 0.0204. The summed E-state index contributed by atoms with van der Waals surface area (Å²) in [5.41, 5.74) is 3.84. The quantitative estimate of drug-likeness (QED) is 0.617. The zero-order chi connectivity index (χ0) is 22.9. The van der Waals surface area contributed by atoms with Gasteiger partial charge in [0.25, 0.3) is 5.91 Å². The van der Waals surface area contributed by atoms with Gasteiger partial charge in [-0.3, -0.25) is 14.3 Å². The van der Waals surface area contributed by atoms with Crippen LogP contribution in [0.1, 0.15) is 28.9 Å². The van der Waals surface area contributed by atoms with Crippen LogP contribution in [-0.4, -0.2) is 75.8 Å². The molecule has 0 N–H and O–H groups in total. The van der Waals surface area contributed by atoms with Crippen molar-refractivity contribution in [2.75, 3.05) is 39.4 Å². The van der Waals surface area contributed by atoms with E-state index >= 15 is 0 Å². The first-order valence-electron chi connectivity index (χ1n) is 11.6. The minimum atomic E-state index is -0.0235. The van der Waals surface area contributed by atoms with Gasteiger partial charge in [-0.05, 0) is 25.8 Å². The van der Waals surface area contributed by atoms with Crippen molar-refractivity contribution in [3.63, 3.8) is 0 Å². The van der Waals surface area contributed by atoms with Gasteiger partial charge < -0.3 is 14.5 Å². The van der Waals surface area contributed by atoms with Crippen molar-refractivity contribution in [2.24, 2.45) is 13.0 Å². The number of hydrogen-bond donors (Lipinski definition) is 0. The van der Waals surface area contributed by atoms with Gasteiger partial charge in [0.05, 0.1) is 35.6 Å². The zero-order valence-corrected chi connectivity index (χ0v) is 19.2. The fourth-order valence-electron chi connectivity index (χ4n) is 4.91. The Kier molecular flexibility index (Phi) is 5.85. The molecule has 4 heterocycles. The number of carbonyl (C=O) groups excluding carboxylic acids is 2. The molecule has 5 rings (SSSR count). The average Bonchev–Trinajstić information content (AvgIpc) is 3.17. The molecule has 0 bridgehead atoms. The number of amides is 2. The normalized spacial score (nSPS) is 17.5. The third-order valence-corrected chi connectivity index (χ3v) is 6.72. The largest absolute Gasteiger partial charge is 0.378 e. The number of nitrogens with zero attached hydrogens (tertiary/aromatic N) is 5. The second-order valence-corrected chi connectivity index (χ2v) is 8.83. The Hall–Kier alpha value is -3.26. The number of piperidine rings is 1. The number of pyridine rings is 1. The molecule has 0 aliphatic carbocycles. The van der Waals surface area contributed by atoms with Crippen molar-refractivity contribution in [3.8, 4) is 11.3 Å². The number of hydrogen-bond acceptors (Lipinski definition) is 5. The van der Waals surface area contributed by atoms with Gasteiger partial charge in [-0.25, -0.2) is 4.98 Å². The van der Waals surface area contributed by atoms with Crippen LogP contribution < -0.4 is 0 Å². The van der Waals surface area contributed by atoms with Crippen molar-refractivity contribution in [1.29, 1.82) is 0 Å². The van der Waals surface area contributed by atoms with Gasteiger partial charge in [0, 0.05) is 44.7 Å². The molecular weight excluding hydrogens is 418 g/mol. The number of rotatable bonds is 3. The lowest BCUT2D eigenvalue weighted by molar-refractivity contribution is -0.141. The monoisotopic (exact) mass is 447 g/mol. The summed E-state index contributed by atoms with van der Waals surface area (Å²) in [5.74, 6) is 0.156. The lowest BCUT2D eigenvalue weighted by Crippen LogP contribution is -2.47. The molecule has 0 spiro atoms. The molecule has 3 aromatic rings. The standard InChI is InChI=1S/C25H29N5O3/c1-17-22-20(16-21(18-6-4-3-5-7-18)26-23(22)28(2)27-17)25(32)29-10-8-19(9-11-29)24(31)30-12-14-33-15-13-30/h3-7,16,19H,8-15H2,1-2H3. The Morgan fingerprint density at radius 3 is 2.39 bits per heavy atom. The maximum atomic E-state index is 13.7. The minimum Gasteiger partial charge on any atom is -0.378 e. The molecule has 2 aromatic heterocycles. The fourth-order valence-corrected chi connectivity index (χ4v) is 4.91. The molecule has 2 amide bonds. The van der Waals surface area contributed by atoms with E-state index in [0.717, 1.165) is 22.3 Å². The van der Waals surface area contributed by atoms with Crippen LogP contribution >= 0.6 is 0 Å². The Balaban J connectivity index is 1.40. The highest BCUT2D eigenvalue weighted by Gasteiger charge is 2.32. The molecular formula is C25H29N5O3. The van der Waals surface area contributed by atoms with Crippen molar-refractivity contribution < 1.29 is 14.3 Å². The summed E-state index contributed by atoms with van der Waals surface area (Å²) >= 11 is 0. The summed E-state index contributed by atoms with van der Waals surface area (Å²) in [6, 6.07) is 11.8. The summed E-state index contributed by atoms with van der Waals surface area (Å²) in [6.45, 7) is 5.60. The van der Waals surface area contributed by atoms with Gasteiger partial charge >= 0.3 is 0 Å². The van der Waals surface area contributed by atoms with Gasteiger partial charge in [0.1, 0.15) is 0 Å². The van der Waals surface area contributed by atoms with E-state index in [0.29, 0.717) is 63.4 Å². The second kappa shape index (κ2) is 8.94. The smallest absolute Gasteiger partial charge is 0.254 e. The number of aryl methyl sites for hydroxylation is 2. The van der Waals surface area contributed by atoms with Crippen LogP contribution in [-0.2, 0) is 16.6 Å². The summed E-state index contributed by atoms with van der Waals surface area (Å²) in [4.78, 5) is 35.1. The number of aromatic nitrogens is 3. The molecule has 8 heteroatoms. The van der Waals surface area contributed by atoms with Crippen molar-refractivity contribution in [3.05, 3.63) is 47.7 Å². The molecule has 0 unspecified atom stereocenters. The van der Waals surface area contributed by atoms with Crippen LogP contribution in [0.4, 0.5) is 0 Å². The highest BCUT2D eigenvalue weighted by atomic mass is 16.5. The lowest BCUT2D eigenvalue weighted by atomic mass is 9.94. The maximum absolute atomic E-state index is 13.7. The molecule has 172 valence electrons. The number of ether oxygens (including phenoxy) is 1. The molecule has 1 aromatic carbocycles. The predicted octanol–water partition coefficient (Wildman–Crippen LogP) is 2.65. The van der Waals surface area contributed by atoms with Gasteiger partial charge in [0.2, 0.25) is 5.91 Å². The summed E-state index contributed by atoms with van der Waals surface area (Å²) < 4.78 is 7.10. The number of carbonyl (C=O) groups is 2. The SMILES string of the molecule is Cc1nn(C)c2nc(-c3ccccc3)cc(C(=O)N3CCC(C(=O)N4CCOCC4)CC3)c12. The molecule has 33 heavy (non-hydrogen) atoms. The fraction of sp³-hybridized carbons (Fsp3) is 0.440. The Labute approximate surface area is 193 Å². The summed E-state index contributed by atoms with van der Waals surface area (Å²) in [5, 5.41) is 5.32. The molecule has 0 radical (unpaired) electrons. The molecule has 2 aliphatic rings. The molecule has 0 saturated carbocycles. The van der Waals surface area contributed by atoms with E-state index in [1.54, 1.807) is 4.68 Å². The van der Waals surface area contributed by atoms with E-state index in [2.05, 4.69) is 5.10 Å². The van der Waals surface area contributed by atoms with Crippen LogP contribution in [0.15, 0.2) is 36.4 Å². The number of likely N-dealkylation sites (tertiary alicyclic amines) is 1. The predicted molar refractivity (Wildman–Crippen MR) is 125 cm³/mol. The van der Waals surface area contributed by atoms with Crippen LogP contribution in [0.3, 0.4) is 0 Å². The van der Waals surface area contributed by atoms with Crippen LogP contribution in [0, 0.1) is 12.8 Å². The van der Waals surface area contributed by atoms with Gasteiger partial charge in [0.15, 0.2) is 5.65 Å². The maximum Gasteiger partial charge on any atom is 0.254 e. The molecule has 0 atom stereocenters. The van der Waals surface area contributed by atoms with E-state index in [-0.39, 0.29) is 17.7 Å². The van der Waals surface area contributed by atoms with E-state index in [1.165, 1.54) is 0 Å². The third kappa shape index (κ3) is 4.11. The highest BCUT2D eigenvalue weighted by Crippen LogP contribution is 2.29. The van der Waals surface area contributed by atoms with Crippen LogP contribution in [0.25, 0.3) is 22.3 Å². The number of fused-ring (bicyclic) bond motifs is 1. The van der Waals surface area contributed by atoms with Gasteiger partial charge in [-0.1, -0.05) is 30.3 Å². The van der Waals surface area contributed by atoms with E-state index in [9.17, 15) is 9.59 Å². The zero-order valence-electron chi connectivity index (χ0n) is 19.2. The first kappa shape index (κ1) is 21.6. The Morgan fingerprint density at radius 1 is 1.00 bits per heavy atom. The molecule has 8 nitrogen and oxygen atoms in total. The first-order valence-corrected chi connectivity index (χ1v) is 11.6. The van der Waals surface area contributed by atoms with E-state index in [1.807, 2.05) is 60.2 Å². The second-order valence-electron chi connectivity index (χ2n) is 8.83. The summed E-state index contributed by atoms with van der Waals surface area (Å²) in [6.07, 6.45) is 1.38. The first-order chi connectivity index (χ1) is 16.0. The molecule has 2 saturated heterocycles. The number of morpholine rings is 1. The summed E-state index contributed by atoms with van der Waals surface area (Å²) in [7, 11) is 1.86. The van der Waals surface area contributed by atoms with Crippen LogP contribution in [0.2, 0.25) is 0 Å². The van der Waals surface area contributed by atoms with Crippen LogP contribution in [0.5, 0.6) is 0 Å².